The first-order valence-electron chi connectivity index (χ1n) is 11.8. The van der Waals surface area contributed by atoms with E-state index >= 15 is 0 Å². The van der Waals surface area contributed by atoms with Gasteiger partial charge in [-0.25, -0.2) is 0 Å². The van der Waals surface area contributed by atoms with Crippen molar-refractivity contribution in [3.63, 3.8) is 0 Å². The summed E-state index contributed by atoms with van der Waals surface area (Å²) < 4.78 is 12.2. The van der Waals surface area contributed by atoms with E-state index in [0.717, 1.165) is 12.8 Å². The van der Waals surface area contributed by atoms with Gasteiger partial charge in [-0.05, 0) is 74.3 Å². The Morgan fingerprint density at radius 2 is 1.73 bits per heavy atom. The monoisotopic (exact) mass is 474 g/mol. The van der Waals surface area contributed by atoms with Gasteiger partial charge in [0.2, 0.25) is 11.8 Å². The number of allylic oxidation sites excluding steroid dienone is 2. The van der Waals surface area contributed by atoms with E-state index in [1.54, 1.807) is 24.3 Å². The second kappa shape index (κ2) is 12.7. The number of amides is 2. The van der Waals surface area contributed by atoms with Crippen LogP contribution < -0.4 is 10.6 Å². The number of hydrogen-bond acceptors (Lipinski definition) is 4. The van der Waals surface area contributed by atoms with Crippen molar-refractivity contribution in [2.45, 2.75) is 49.8 Å². The van der Waals surface area contributed by atoms with Gasteiger partial charge in [-0.3, -0.25) is 18.6 Å². The van der Waals surface area contributed by atoms with Crippen LogP contribution in [0.15, 0.2) is 47.4 Å². The van der Waals surface area contributed by atoms with Gasteiger partial charge in [0.15, 0.2) is 0 Å². The van der Waals surface area contributed by atoms with Gasteiger partial charge in [0, 0.05) is 17.9 Å². The molecule has 0 saturated heterocycles. The Morgan fingerprint density at radius 1 is 1.00 bits per heavy atom. The molecule has 2 bridgehead atoms. The fourth-order valence-electron chi connectivity index (χ4n) is 5.26. The first-order valence-corrected chi connectivity index (χ1v) is 13.1. The lowest BCUT2D eigenvalue weighted by molar-refractivity contribution is -0.137. The highest BCUT2D eigenvalue weighted by molar-refractivity contribution is 7.85. The standard InChI is InChI=1S/C25H34N2O5S/c28-23(16-27-24(29)17-33(32)20-8-4-3-5-9-20)26-15-22-19-13-12-18(14-19)21(22)10-6-1-2-7-11-25(30)31/h1,3-6,8-9,18-19,21-22H,2,7,10-17H2,(H,26,28)(H,27,29)(H,30,31)/t18-,19+,21-,22+,33?/m1/s1. The zero-order valence-electron chi connectivity index (χ0n) is 18.9. The van der Waals surface area contributed by atoms with Gasteiger partial charge in [0.05, 0.1) is 17.3 Å². The number of carbonyl (C=O) groups excluding carboxylic acids is 2. The largest absolute Gasteiger partial charge is 0.481 e. The van der Waals surface area contributed by atoms with Gasteiger partial charge in [0.25, 0.3) is 0 Å². The minimum atomic E-state index is -1.43. The zero-order valence-corrected chi connectivity index (χ0v) is 19.7. The molecule has 1 unspecified atom stereocenters. The second-order valence-electron chi connectivity index (χ2n) is 9.04. The minimum absolute atomic E-state index is 0.111. The normalized spacial score (nSPS) is 24.6. The lowest BCUT2D eigenvalue weighted by Gasteiger charge is -2.30. The topological polar surface area (TPSA) is 113 Å². The minimum Gasteiger partial charge on any atom is -0.481 e. The van der Waals surface area contributed by atoms with Crippen molar-refractivity contribution in [2.75, 3.05) is 18.8 Å². The predicted octanol–water partition coefficient (Wildman–Crippen LogP) is 2.89. The van der Waals surface area contributed by atoms with Crippen molar-refractivity contribution in [1.82, 2.24) is 10.6 Å². The molecule has 0 spiro atoms. The number of aliphatic carboxylic acids is 1. The van der Waals surface area contributed by atoms with E-state index in [9.17, 15) is 18.6 Å². The SMILES string of the molecule is O=C(O)CCCC=CC[C@@H]1[C@@H]2CC[C@@H](C2)[C@@H]1CNC(=O)CNC(=O)CS(=O)c1ccccc1. The molecule has 1 aromatic carbocycles. The first kappa shape index (κ1) is 25.1. The van der Waals surface area contributed by atoms with E-state index in [1.807, 2.05) is 6.07 Å². The van der Waals surface area contributed by atoms with Crippen LogP contribution in [0, 0.1) is 23.7 Å². The average molecular weight is 475 g/mol. The van der Waals surface area contributed by atoms with Crippen LogP contribution >= 0.6 is 0 Å². The molecule has 1 aromatic rings. The lowest BCUT2D eigenvalue weighted by Crippen LogP contribution is -2.42. The average Bonchev–Trinajstić information content (AvgIpc) is 3.41. The van der Waals surface area contributed by atoms with E-state index in [4.69, 9.17) is 5.11 Å². The summed E-state index contributed by atoms with van der Waals surface area (Å²) in [6.45, 7) is 0.503. The van der Waals surface area contributed by atoms with Crippen LogP contribution in [0.2, 0.25) is 0 Å². The molecule has 0 aliphatic heterocycles. The Hall–Kier alpha value is -2.48. The summed E-state index contributed by atoms with van der Waals surface area (Å²) in [5.41, 5.74) is 0. The van der Waals surface area contributed by atoms with Crippen LogP contribution in [0.5, 0.6) is 0 Å². The first-order chi connectivity index (χ1) is 15.9. The molecule has 2 aliphatic rings. The number of benzene rings is 1. The molecule has 2 aliphatic carbocycles. The molecule has 0 heterocycles. The highest BCUT2D eigenvalue weighted by Crippen LogP contribution is 2.53. The van der Waals surface area contributed by atoms with E-state index in [1.165, 1.54) is 19.3 Å². The predicted molar refractivity (Wildman–Crippen MR) is 127 cm³/mol. The van der Waals surface area contributed by atoms with Crippen molar-refractivity contribution in [3.8, 4) is 0 Å². The molecule has 3 N–H and O–H groups in total. The molecule has 8 heteroatoms. The molecule has 2 amide bonds. The van der Waals surface area contributed by atoms with Crippen LogP contribution in [-0.2, 0) is 25.2 Å². The van der Waals surface area contributed by atoms with Crippen LogP contribution in [0.25, 0.3) is 0 Å². The Bertz CT molecular complexity index is 873. The van der Waals surface area contributed by atoms with Gasteiger partial charge in [-0.15, -0.1) is 0 Å². The summed E-state index contributed by atoms with van der Waals surface area (Å²) in [5, 5.41) is 14.3. The van der Waals surface area contributed by atoms with E-state index < -0.39 is 22.7 Å². The smallest absolute Gasteiger partial charge is 0.303 e. The maximum absolute atomic E-state index is 12.3. The molecule has 2 saturated carbocycles. The fraction of sp³-hybridized carbons (Fsp3) is 0.560. The summed E-state index contributed by atoms with van der Waals surface area (Å²) in [5.74, 6) is 0.785. The van der Waals surface area contributed by atoms with Crippen LogP contribution in [0.3, 0.4) is 0 Å². The molecule has 0 radical (unpaired) electrons. The number of carboxylic acid groups (broad SMARTS) is 1. The number of nitrogens with one attached hydrogen (secondary N) is 2. The lowest BCUT2D eigenvalue weighted by atomic mass is 9.77. The third-order valence-electron chi connectivity index (χ3n) is 6.86. The molecule has 3 rings (SSSR count). The summed E-state index contributed by atoms with van der Waals surface area (Å²) >= 11 is 0. The van der Waals surface area contributed by atoms with Crippen LogP contribution in [0.4, 0.5) is 0 Å². The maximum atomic E-state index is 12.3. The van der Waals surface area contributed by atoms with Gasteiger partial charge in [0.1, 0.15) is 5.75 Å². The number of fused-ring (bicyclic) bond motifs is 2. The molecule has 5 atom stereocenters. The summed E-state index contributed by atoms with van der Waals surface area (Å²) in [7, 11) is -1.43. The molecule has 7 nitrogen and oxygen atoms in total. The number of hydrogen-bond donors (Lipinski definition) is 3. The van der Waals surface area contributed by atoms with E-state index in [0.29, 0.717) is 41.5 Å². The van der Waals surface area contributed by atoms with Crippen molar-refractivity contribution in [1.29, 1.82) is 0 Å². The van der Waals surface area contributed by atoms with Crippen molar-refractivity contribution < 1.29 is 23.7 Å². The zero-order chi connectivity index (χ0) is 23.6. The molecule has 180 valence electrons. The molecular weight excluding hydrogens is 440 g/mol. The Labute approximate surface area is 197 Å². The van der Waals surface area contributed by atoms with E-state index in [-0.39, 0.29) is 24.6 Å². The Kier molecular flexibility index (Phi) is 9.66. The highest BCUT2D eigenvalue weighted by Gasteiger charge is 2.46. The third-order valence-corrected chi connectivity index (χ3v) is 8.18. The van der Waals surface area contributed by atoms with Crippen molar-refractivity contribution >= 4 is 28.6 Å². The fourth-order valence-corrected chi connectivity index (χ4v) is 6.22. The summed E-state index contributed by atoms with van der Waals surface area (Å²) in [6.07, 6.45) is 10.6. The third kappa shape index (κ3) is 7.81. The number of rotatable bonds is 13. The summed E-state index contributed by atoms with van der Waals surface area (Å²) in [6, 6.07) is 8.80. The quantitative estimate of drug-likeness (QED) is 0.301. The second-order valence-corrected chi connectivity index (χ2v) is 10.5. The molecular formula is C25H34N2O5S. The number of carbonyl (C=O) groups is 3. The molecule has 2 fully saturated rings. The van der Waals surface area contributed by atoms with Crippen LogP contribution in [0.1, 0.15) is 44.9 Å². The highest BCUT2D eigenvalue weighted by atomic mass is 32.2. The van der Waals surface area contributed by atoms with Crippen molar-refractivity contribution in [2.24, 2.45) is 23.7 Å². The maximum Gasteiger partial charge on any atom is 0.303 e. The van der Waals surface area contributed by atoms with Gasteiger partial charge in [-0.2, -0.15) is 0 Å². The van der Waals surface area contributed by atoms with Crippen molar-refractivity contribution in [3.05, 3.63) is 42.5 Å². The summed E-state index contributed by atoms with van der Waals surface area (Å²) in [4.78, 5) is 35.5. The van der Waals surface area contributed by atoms with E-state index in [2.05, 4.69) is 22.8 Å². The number of unbranched alkanes of at least 4 members (excludes halogenated alkanes) is 1. The molecule has 33 heavy (non-hydrogen) atoms. The Morgan fingerprint density at radius 3 is 2.45 bits per heavy atom. The van der Waals surface area contributed by atoms with Gasteiger partial charge in [-0.1, -0.05) is 30.4 Å². The Balaban J connectivity index is 1.37. The van der Waals surface area contributed by atoms with Gasteiger partial charge >= 0.3 is 5.97 Å². The molecule has 0 aromatic heterocycles. The van der Waals surface area contributed by atoms with Crippen LogP contribution in [-0.4, -0.2) is 45.9 Å². The van der Waals surface area contributed by atoms with Gasteiger partial charge < -0.3 is 15.7 Å². The number of carboxylic acids is 1.